The number of carbonyl (C=O) groups is 1. The number of benzene rings is 4. The zero-order valence-corrected chi connectivity index (χ0v) is 18.5. The van der Waals surface area contributed by atoms with E-state index in [9.17, 15) is 18.3 Å². The van der Waals surface area contributed by atoms with Gasteiger partial charge in [0.15, 0.2) is 5.75 Å². The number of amides is 1. The maximum atomic E-state index is 12.9. The molecule has 0 bridgehead atoms. The Hall–Kier alpha value is -3.95. The largest absolute Gasteiger partial charge is 0.505 e. The van der Waals surface area contributed by atoms with Gasteiger partial charge < -0.3 is 10.8 Å². The normalized spacial score (nSPS) is 11.7. The molecule has 0 aliphatic heterocycles. The number of carbonyl (C=O) groups excluding carboxylic acids is 1. The molecular weight excluding hydrogens is 464 g/mol. The SMILES string of the molecule is Nc1cccc(C(=O)N=Nc2cc(NS(=O)(=O)c3ccc(Cl)cc3)c3ccccc3c2O)c1. The van der Waals surface area contributed by atoms with Crippen LogP contribution in [-0.2, 0) is 10.0 Å². The number of rotatable bonds is 5. The Labute approximate surface area is 194 Å². The number of nitrogen functional groups attached to an aromatic ring is 1. The molecule has 0 saturated carbocycles. The number of hydrogen-bond donors (Lipinski definition) is 3. The summed E-state index contributed by atoms with van der Waals surface area (Å²) in [4.78, 5) is 12.4. The molecule has 0 aromatic heterocycles. The van der Waals surface area contributed by atoms with Crippen molar-refractivity contribution in [3.8, 4) is 5.75 Å². The zero-order chi connectivity index (χ0) is 23.6. The van der Waals surface area contributed by atoms with Gasteiger partial charge in [0.05, 0.1) is 10.6 Å². The lowest BCUT2D eigenvalue weighted by Gasteiger charge is -2.13. The van der Waals surface area contributed by atoms with Crippen molar-refractivity contribution in [2.75, 3.05) is 10.5 Å². The van der Waals surface area contributed by atoms with Gasteiger partial charge in [-0.15, -0.1) is 10.2 Å². The fourth-order valence-electron chi connectivity index (χ4n) is 3.15. The summed E-state index contributed by atoms with van der Waals surface area (Å²) < 4.78 is 28.3. The van der Waals surface area contributed by atoms with Crippen molar-refractivity contribution in [2.24, 2.45) is 10.2 Å². The highest BCUT2D eigenvalue weighted by molar-refractivity contribution is 7.92. The highest BCUT2D eigenvalue weighted by Crippen LogP contribution is 2.40. The molecule has 0 aliphatic rings. The number of hydrogen-bond acceptors (Lipinski definition) is 6. The molecule has 0 radical (unpaired) electrons. The third kappa shape index (κ3) is 4.79. The van der Waals surface area contributed by atoms with E-state index >= 15 is 0 Å². The standard InChI is InChI=1S/C23H17ClN4O4S/c24-15-8-10-17(11-9-15)33(31,32)28-20-13-21(22(29)19-7-2-1-6-18(19)20)26-27-23(30)14-4-3-5-16(25)12-14/h1-13,28-29H,25H2. The summed E-state index contributed by atoms with van der Waals surface area (Å²) in [5.74, 6) is -0.915. The van der Waals surface area contributed by atoms with Gasteiger partial charge >= 0.3 is 0 Å². The van der Waals surface area contributed by atoms with Crippen molar-refractivity contribution in [3.63, 3.8) is 0 Å². The molecule has 33 heavy (non-hydrogen) atoms. The van der Waals surface area contributed by atoms with Crippen LogP contribution in [0.15, 0.2) is 94.0 Å². The maximum Gasteiger partial charge on any atom is 0.295 e. The van der Waals surface area contributed by atoms with Crippen LogP contribution in [0.3, 0.4) is 0 Å². The lowest BCUT2D eigenvalue weighted by Crippen LogP contribution is -2.13. The van der Waals surface area contributed by atoms with Gasteiger partial charge in [0.1, 0.15) is 5.69 Å². The number of nitrogens with zero attached hydrogens (tertiary/aromatic N) is 2. The predicted octanol–water partition coefficient (Wildman–Crippen LogP) is 5.51. The number of halogens is 1. The molecule has 0 heterocycles. The molecule has 4 N–H and O–H groups in total. The van der Waals surface area contributed by atoms with Crippen molar-refractivity contribution in [1.82, 2.24) is 0 Å². The average molecular weight is 481 g/mol. The molecule has 4 aromatic carbocycles. The first-order chi connectivity index (χ1) is 15.7. The number of aromatic hydroxyl groups is 1. The third-order valence-electron chi connectivity index (χ3n) is 4.75. The second-order valence-corrected chi connectivity index (χ2v) is 9.15. The first-order valence-corrected chi connectivity index (χ1v) is 11.5. The number of nitrogens with one attached hydrogen (secondary N) is 1. The fraction of sp³-hybridized carbons (Fsp3) is 0. The number of nitrogens with two attached hydrogens (primary N) is 1. The molecule has 0 fully saturated rings. The number of sulfonamides is 1. The van der Waals surface area contributed by atoms with Crippen molar-refractivity contribution >= 4 is 55.4 Å². The van der Waals surface area contributed by atoms with Gasteiger partial charge in [-0.1, -0.05) is 41.9 Å². The van der Waals surface area contributed by atoms with Crippen molar-refractivity contribution < 1.29 is 18.3 Å². The van der Waals surface area contributed by atoms with E-state index < -0.39 is 15.9 Å². The Kier molecular flexibility index (Phi) is 5.99. The van der Waals surface area contributed by atoms with Crippen LogP contribution in [0.2, 0.25) is 5.02 Å². The van der Waals surface area contributed by atoms with Gasteiger partial charge in [-0.25, -0.2) is 8.42 Å². The molecule has 0 aliphatic carbocycles. The van der Waals surface area contributed by atoms with E-state index in [4.69, 9.17) is 17.3 Å². The lowest BCUT2D eigenvalue weighted by molar-refractivity contribution is 0.0995. The summed E-state index contributed by atoms with van der Waals surface area (Å²) in [6.45, 7) is 0. The van der Waals surface area contributed by atoms with E-state index in [-0.39, 0.29) is 27.6 Å². The van der Waals surface area contributed by atoms with Crippen molar-refractivity contribution in [3.05, 3.63) is 89.4 Å². The van der Waals surface area contributed by atoms with Crippen LogP contribution >= 0.6 is 11.6 Å². The van der Waals surface area contributed by atoms with Gasteiger partial charge in [-0.3, -0.25) is 9.52 Å². The van der Waals surface area contributed by atoms with Gasteiger partial charge in [-0.2, -0.15) is 0 Å². The van der Waals surface area contributed by atoms with Crippen LogP contribution in [0, 0.1) is 0 Å². The maximum absolute atomic E-state index is 12.9. The quantitative estimate of drug-likeness (QED) is 0.197. The van der Waals surface area contributed by atoms with Crippen LogP contribution in [0.4, 0.5) is 17.1 Å². The minimum Gasteiger partial charge on any atom is -0.505 e. The molecule has 0 saturated heterocycles. The molecule has 166 valence electrons. The summed E-state index contributed by atoms with van der Waals surface area (Å²) in [5.41, 5.74) is 6.38. The molecule has 4 aromatic rings. The van der Waals surface area contributed by atoms with E-state index in [1.54, 1.807) is 36.4 Å². The molecule has 10 heteroatoms. The molecule has 0 unspecified atom stereocenters. The van der Waals surface area contributed by atoms with E-state index in [2.05, 4.69) is 15.0 Å². The number of azo groups is 1. The molecule has 0 spiro atoms. The Bertz CT molecular complexity index is 1500. The van der Waals surface area contributed by atoms with Gasteiger partial charge in [-0.05, 0) is 48.5 Å². The lowest BCUT2D eigenvalue weighted by atomic mass is 10.1. The second-order valence-electron chi connectivity index (χ2n) is 7.03. The van der Waals surface area contributed by atoms with E-state index in [1.165, 1.54) is 42.5 Å². The number of phenolic OH excluding ortho intramolecular Hbond substituents is 1. The first-order valence-electron chi connectivity index (χ1n) is 9.59. The average Bonchev–Trinajstić information content (AvgIpc) is 2.80. The number of phenols is 1. The van der Waals surface area contributed by atoms with Gasteiger partial charge in [0, 0.05) is 27.0 Å². The van der Waals surface area contributed by atoms with Crippen LogP contribution in [0.25, 0.3) is 10.8 Å². The minimum absolute atomic E-state index is 0.00377. The van der Waals surface area contributed by atoms with Crippen LogP contribution < -0.4 is 10.5 Å². The van der Waals surface area contributed by atoms with Gasteiger partial charge in [0.2, 0.25) is 0 Å². The number of anilines is 2. The monoisotopic (exact) mass is 480 g/mol. The molecule has 0 atom stereocenters. The van der Waals surface area contributed by atoms with Crippen LogP contribution in [-0.4, -0.2) is 19.4 Å². The van der Waals surface area contributed by atoms with Crippen molar-refractivity contribution in [1.29, 1.82) is 0 Å². The minimum atomic E-state index is -3.97. The van der Waals surface area contributed by atoms with Gasteiger partial charge in [0.25, 0.3) is 15.9 Å². The highest BCUT2D eigenvalue weighted by Gasteiger charge is 2.19. The summed E-state index contributed by atoms with van der Waals surface area (Å²) in [5, 5.41) is 19.4. The Balaban J connectivity index is 1.75. The molecular formula is C23H17ClN4O4S. The van der Waals surface area contributed by atoms with E-state index in [0.717, 1.165) is 0 Å². The second kappa shape index (κ2) is 8.89. The Morgan fingerprint density at radius 1 is 0.939 bits per heavy atom. The molecule has 1 amide bonds. The summed E-state index contributed by atoms with van der Waals surface area (Å²) in [6, 6.07) is 19.8. The summed E-state index contributed by atoms with van der Waals surface area (Å²) >= 11 is 5.85. The summed E-state index contributed by atoms with van der Waals surface area (Å²) in [6.07, 6.45) is 0. The Morgan fingerprint density at radius 3 is 2.33 bits per heavy atom. The third-order valence-corrected chi connectivity index (χ3v) is 6.38. The van der Waals surface area contributed by atoms with Crippen LogP contribution in [0.1, 0.15) is 10.4 Å². The smallest absolute Gasteiger partial charge is 0.295 e. The van der Waals surface area contributed by atoms with E-state index in [0.29, 0.717) is 21.5 Å². The van der Waals surface area contributed by atoms with E-state index in [1.807, 2.05) is 0 Å². The molecule has 8 nitrogen and oxygen atoms in total. The Morgan fingerprint density at radius 2 is 1.64 bits per heavy atom. The van der Waals surface area contributed by atoms with Crippen molar-refractivity contribution in [2.45, 2.75) is 4.90 Å². The number of fused-ring (bicyclic) bond motifs is 1. The molecule has 4 rings (SSSR count). The fourth-order valence-corrected chi connectivity index (χ4v) is 4.35. The summed E-state index contributed by atoms with van der Waals surface area (Å²) in [7, 11) is -3.97. The zero-order valence-electron chi connectivity index (χ0n) is 16.9. The highest BCUT2D eigenvalue weighted by atomic mass is 35.5. The van der Waals surface area contributed by atoms with Crippen LogP contribution in [0.5, 0.6) is 5.75 Å². The first kappa shape index (κ1) is 22.3. The topological polar surface area (TPSA) is 134 Å². The predicted molar refractivity (Wildman–Crippen MR) is 128 cm³/mol.